The molecule has 3 nitrogen and oxygen atoms in total. The predicted molar refractivity (Wildman–Crippen MR) is 85.1 cm³/mol. The van der Waals surface area contributed by atoms with E-state index < -0.39 is 11.4 Å². The molecule has 2 aliphatic rings. The molecule has 1 aromatic rings. The molecule has 2 aliphatic carbocycles. The lowest BCUT2D eigenvalue weighted by atomic mass is 9.68. The number of methoxy groups -OCH3 is 1. The van der Waals surface area contributed by atoms with Gasteiger partial charge in [-0.1, -0.05) is 25.3 Å². The topological polar surface area (TPSA) is 46.5 Å². The molecule has 114 valence electrons. The molecule has 0 spiro atoms. The summed E-state index contributed by atoms with van der Waals surface area (Å²) in [5.41, 5.74) is 2.70. The minimum Gasteiger partial charge on any atom is -0.495 e. The van der Waals surface area contributed by atoms with Gasteiger partial charge in [0.15, 0.2) is 0 Å². The highest BCUT2D eigenvalue weighted by atomic mass is 79.9. The number of aliphatic carboxylic acids is 1. The van der Waals surface area contributed by atoms with Crippen molar-refractivity contribution in [1.82, 2.24) is 0 Å². The molecular formula is C17H21BrO3. The molecule has 21 heavy (non-hydrogen) atoms. The van der Waals surface area contributed by atoms with E-state index in [1.807, 2.05) is 0 Å². The molecule has 0 heterocycles. The maximum atomic E-state index is 12.1. The molecule has 1 aromatic carbocycles. The van der Waals surface area contributed by atoms with Gasteiger partial charge in [-0.15, -0.1) is 0 Å². The van der Waals surface area contributed by atoms with Gasteiger partial charge in [-0.2, -0.15) is 0 Å². The average molecular weight is 353 g/mol. The number of rotatable bonds is 3. The Morgan fingerprint density at radius 2 is 1.95 bits per heavy atom. The number of carboxylic acids is 1. The fraction of sp³-hybridized carbons (Fsp3) is 0.588. The maximum absolute atomic E-state index is 12.1. The number of hydrogen-bond acceptors (Lipinski definition) is 2. The number of fused-ring (bicyclic) bond motifs is 1. The lowest BCUT2D eigenvalue weighted by Crippen LogP contribution is -2.38. The first-order valence-electron chi connectivity index (χ1n) is 7.72. The largest absolute Gasteiger partial charge is 0.495 e. The fourth-order valence-electron chi connectivity index (χ4n) is 3.98. The van der Waals surface area contributed by atoms with Gasteiger partial charge in [-0.25, -0.2) is 0 Å². The Morgan fingerprint density at radius 3 is 2.57 bits per heavy atom. The molecule has 0 unspecified atom stereocenters. The first kappa shape index (κ1) is 14.9. The Labute approximate surface area is 133 Å². The van der Waals surface area contributed by atoms with E-state index in [4.69, 9.17) is 4.74 Å². The number of benzene rings is 1. The van der Waals surface area contributed by atoms with Crippen LogP contribution in [0.3, 0.4) is 0 Å². The third kappa shape index (κ3) is 2.28. The number of ether oxygens (including phenoxy) is 1. The Balaban J connectivity index is 2.20. The second-order valence-electron chi connectivity index (χ2n) is 6.21. The molecule has 1 saturated carbocycles. The van der Waals surface area contributed by atoms with Crippen molar-refractivity contribution in [1.29, 1.82) is 0 Å². The zero-order valence-electron chi connectivity index (χ0n) is 12.4. The summed E-state index contributed by atoms with van der Waals surface area (Å²) in [6.45, 7) is 0. The molecular weight excluding hydrogens is 332 g/mol. The van der Waals surface area contributed by atoms with Crippen molar-refractivity contribution in [3.8, 4) is 5.75 Å². The van der Waals surface area contributed by atoms with E-state index in [-0.39, 0.29) is 0 Å². The third-order valence-corrected chi connectivity index (χ3v) is 5.96. The molecule has 1 N–H and O–H groups in total. The minimum absolute atomic E-state index is 0.703. The zero-order valence-corrected chi connectivity index (χ0v) is 14.0. The number of carbonyl (C=O) groups is 1. The summed E-state index contributed by atoms with van der Waals surface area (Å²) in [5.74, 6) is 0.0327. The first-order valence-corrected chi connectivity index (χ1v) is 8.51. The van der Waals surface area contributed by atoms with Crippen molar-refractivity contribution in [2.75, 3.05) is 7.11 Å². The van der Waals surface area contributed by atoms with Gasteiger partial charge in [-0.05, 0) is 59.2 Å². The van der Waals surface area contributed by atoms with Crippen LogP contribution in [0.15, 0.2) is 10.5 Å². The average Bonchev–Trinajstić information content (AvgIpc) is 2.96. The van der Waals surface area contributed by atoms with Crippen molar-refractivity contribution in [2.45, 2.75) is 56.8 Å². The van der Waals surface area contributed by atoms with Crippen LogP contribution in [0, 0.1) is 0 Å². The molecule has 0 aliphatic heterocycles. The molecule has 0 radical (unpaired) electrons. The van der Waals surface area contributed by atoms with Gasteiger partial charge in [0.25, 0.3) is 0 Å². The van der Waals surface area contributed by atoms with Crippen LogP contribution in [0.1, 0.15) is 55.2 Å². The van der Waals surface area contributed by atoms with E-state index in [0.717, 1.165) is 54.3 Å². The van der Waals surface area contributed by atoms with Gasteiger partial charge in [0.1, 0.15) is 5.75 Å². The zero-order chi connectivity index (χ0) is 15.0. The molecule has 3 rings (SSSR count). The molecule has 0 aromatic heterocycles. The van der Waals surface area contributed by atoms with Crippen LogP contribution in [0.2, 0.25) is 0 Å². The smallest absolute Gasteiger partial charge is 0.314 e. The summed E-state index contributed by atoms with van der Waals surface area (Å²) < 4.78 is 6.59. The second-order valence-corrected chi connectivity index (χ2v) is 7.00. The summed E-state index contributed by atoms with van der Waals surface area (Å²) >= 11 is 3.67. The van der Waals surface area contributed by atoms with Crippen molar-refractivity contribution >= 4 is 21.9 Å². The highest BCUT2D eigenvalue weighted by Gasteiger charge is 2.44. The molecule has 0 bridgehead atoms. The Hall–Kier alpha value is -1.03. The van der Waals surface area contributed by atoms with Gasteiger partial charge < -0.3 is 9.84 Å². The monoisotopic (exact) mass is 352 g/mol. The molecule has 0 amide bonds. The van der Waals surface area contributed by atoms with Crippen LogP contribution in [-0.2, 0) is 23.1 Å². The van der Waals surface area contributed by atoms with E-state index in [2.05, 4.69) is 22.0 Å². The highest BCUT2D eigenvalue weighted by Crippen LogP contribution is 2.48. The highest BCUT2D eigenvalue weighted by molar-refractivity contribution is 9.10. The minimum atomic E-state index is -0.774. The summed E-state index contributed by atoms with van der Waals surface area (Å²) in [5, 5.41) is 9.93. The van der Waals surface area contributed by atoms with Crippen LogP contribution in [0.4, 0.5) is 0 Å². The lowest BCUT2D eigenvalue weighted by molar-refractivity contribution is -0.145. The molecule has 1 fully saturated rings. The predicted octanol–water partition coefficient (Wildman–Crippen LogP) is 4.23. The van der Waals surface area contributed by atoms with Crippen molar-refractivity contribution in [2.24, 2.45) is 0 Å². The standard InChI is InChI=1S/C17H21BrO3/c1-21-15-13(10-11-6-5-7-12(11)14(15)18)17(16(19)20)8-3-2-4-9-17/h10H,2-9H2,1H3,(H,19,20). The number of halogens is 1. The Kier molecular flexibility index (Phi) is 4.00. The number of hydrogen-bond donors (Lipinski definition) is 1. The van der Waals surface area contributed by atoms with E-state index in [9.17, 15) is 9.90 Å². The summed E-state index contributed by atoms with van der Waals surface area (Å²) in [6.07, 6.45) is 7.74. The first-order chi connectivity index (χ1) is 10.1. The number of carboxylic acid groups (broad SMARTS) is 1. The summed E-state index contributed by atoms with van der Waals surface area (Å²) in [7, 11) is 1.64. The van der Waals surface area contributed by atoms with Gasteiger partial charge in [-0.3, -0.25) is 4.79 Å². The van der Waals surface area contributed by atoms with E-state index in [1.54, 1.807) is 7.11 Å². The van der Waals surface area contributed by atoms with E-state index >= 15 is 0 Å². The Bertz CT molecular complexity index is 574. The third-order valence-electron chi connectivity index (χ3n) is 5.12. The number of aryl methyl sites for hydroxylation is 1. The summed E-state index contributed by atoms with van der Waals surface area (Å²) in [4.78, 5) is 12.1. The maximum Gasteiger partial charge on any atom is 0.314 e. The van der Waals surface area contributed by atoms with Crippen molar-refractivity contribution in [3.05, 3.63) is 27.2 Å². The molecule has 4 heteroatoms. The molecule has 0 saturated heterocycles. The van der Waals surface area contributed by atoms with Crippen LogP contribution in [-0.4, -0.2) is 18.2 Å². The van der Waals surface area contributed by atoms with Crippen molar-refractivity contribution in [3.63, 3.8) is 0 Å². The van der Waals surface area contributed by atoms with Crippen LogP contribution in [0.25, 0.3) is 0 Å². The summed E-state index contributed by atoms with van der Waals surface area (Å²) in [6, 6.07) is 2.12. The lowest BCUT2D eigenvalue weighted by Gasteiger charge is -2.35. The quantitative estimate of drug-likeness (QED) is 0.885. The van der Waals surface area contributed by atoms with E-state index in [0.29, 0.717) is 12.8 Å². The molecule has 0 atom stereocenters. The van der Waals surface area contributed by atoms with Gasteiger partial charge >= 0.3 is 5.97 Å². The van der Waals surface area contributed by atoms with Crippen LogP contribution in [0.5, 0.6) is 5.75 Å². The van der Waals surface area contributed by atoms with Crippen LogP contribution >= 0.6 is 15.9 Å². The van der Waals surface area contributed by atoms with E-state index in [1.165, 1.54) is 11.1 Å². The van der Waals surface area contributed by atoms with Gasteiger partial charge in [0.05, 0.1) is 17.0 Å². The SMILES string of the molecule is COc1c(C2(C(=O)O)CCCCC2)cc2c(c1Br)CCC2. The van der Waals surface area contributed by atoms with Gasteiger partial charge in [0.2, 0.25) is 0 Å². The van der Waals surface area contributed by atoms with Gasteiger partial charge in [0, 0.05) is 5.56 Å². The second kappa shape index (κ2) is 5.64. The van der Waals surface area contributed by atoms with Crippen LogP contribution < -0.4 is 4.74 Å². The Morgan fingerprint density at radius 1 is 1.24 bits per heavy atom. The normalized spacial score (nSPS) is 20.1. The fourth-order valence-corrected chi connectivity index (χ4v) is 4.81. The van der Waals surface area contributed by atoms with Crippen molar-refractivity contribution < 1.29 is 14.6 Å².